The van der Waals surface area contributed by atoms with Crippen LogP contribution in [0.3, 0.4) is 0 Å². The number of aromatic nitrogens is 2. The van der Waals surface area contributed by atoms with Crippen LogP contribution in [0.25, 0.3) is 27.7 Å². The molecular weight excluding hydrogens is 467 g/mol. The topological polar surface area (TPSA) is 47.4 Å². The minimum Gasteiger partial charge on any atom is -0.372 e. The molecule has 0 saturated carbocycles. The van der Waals surface area contributed by atoms with Crippen molar-refractivity contribution in [3.63, 3.8) is 0 Å². The van der Waals surface area contributed by atoms with Crippen molar-refractivity contribution in [2.24, 2.45) is 0 Å². The van der Waals surface area contributed by atoms with E-state index in [0.29, 0.717) is 22.0 Å². The molecule has 2 aromatic carbocycles. The second-order valence-electron chi connectivity index (χ2n) is 9.32. The number of alkyl halides is 3. The minimum absolute atomic E-state index is 0.145. The molecular formula is C28H26F3N3O2. The number of hydrogen-bond donors (Lipinski definition) is 0. The van der Waals surface area contributed by atoms with E-state index in [1.807, 2.05) is 31.2 Å². The van der Waals surface area contributed by atoms with Crippen molar-refractivity contribution in [2.75, 3.05) is 18.0 Å². The van der Waals surface area contributed by atoms with Crippen LogP contribution in [0.2, 0.25) is 0 Å². The molecule has 5 rings (SSSR count). The Morgan fingerprint density at radius 2 is 1.53 bits per heavy atom. The molecule has 4 aromatic rings. The zero-order valence-electron chi connectivity index (χ0n) is 20.2. The molecule has 0 bridgehead atoms. The summed E-state index contributed by atoms with van der Waals surface area (Å²) in [6, 6.07) is 14.4. The van der Waals surface area contributed by atoms with E-state index in [0.717, 1.165) is 42.2 Å². The highest BCUT2D eigenvalue weighted by Crippen LogP contribution is 2.33. The Kier molecular flexibility index (Phi) is 6.08. The number of morpholine rings is 1. The molecule has 8 heteroatoms. The van der Waals surface area contributed by atoms with E-state index in [2.05, 4.69) is 23.7 Å². The zero-order chi connectivity index (χ0) is 25.6. The Morgan fingerprint density at radius 1 is 0.917 bits per heavy atom. The van der Waals surface area contributed by atoms with Gasteiger partial charge in [0.25, 0.3) is 5.56 Å². The van der Waals surface area contributed by atoms with Gasteiger partial charge in [0.2, 0.25) is 0 Å². The zero-order valence-corrected chi connectivity index (χ0v) is 20.2. The fourth-order valence-electron chi connectivity index (χ4n) is 4.93. The second-order valence-corrected chi connectivity index (χ2v) is 9.32. The second kappa shape index (κ2) is 9.09. The monoisotopic (exact) mass is 493 g/mol. The minimum atomic E-state index is -4.41. The van der Waals surface area contributed by atoms with Crippen LogP contribution < -0.4 is 10.5 Å². The third-order valence-corrected chi connectivity index (χ3v) is 6.52. The highest BCUT2D eigenvalue weighted by molar-refractivity contribution is 5.96. The number of pyridine rings is 2. The van der Waals surface area contributed by atoms with Crippen LogP contribution in [0.15, 0.2) is 71.8 Å². The van der Waals surface area contributed by atoms with Crippen molar-refractivity contribution in [1.29, 1.82) is 0 Å². The van der Waals surface area contributed by atoms with Crippen LogP contribution >= 0.6 is 0 Å². The van der Waals surface area contributed by atoms with Crippen LogP contribution in [0, 0.1) is 6.92 Å². The lowest BCUT2D eigenvalue weighted by molar-refractivity contribution is -0.137. The number of anilines is 1. The third kappa shape index (κ3) is 4.48. The van der Waals surface area contributed by atoms with Gasteiger partial charge in [0.1, 0.15) is 0 Å². The van der Waals surface area contributed by atoms with Crippen LogP contribution in [0.4, 0.5) is 18.9 Å². The summed E-state index contributed by atoms with van der Waals surface area (Å²) in [7, 11) is 0. The van der Waals surface area contributed by atoms with E-state index in [-0.39, 0.29) is 17.8 Å². The van der Waals surface area contributed by atoms with Crippen molar-refractivity contribution >= 4 is 16.5 Å². The number of rotatable bonds is 3. The van der Waals surface area contributed by atoms with Crippen LogP contribution in [-0.2, 0) is 10.9 Å². The van der Waals surface area contributed by atoms with Crippen molar-refractivity contribution in [3.05, 3.63) is 88.5 Å². The highest BCUT2D eigenvalue weighted by atomic mass is 19.4. The largest absolute Gasteiger partial charge is 0.416 e. The lowest BCUT2D eigenvalue weighted by Crippen LogP contribution is -2.45. The average Bonchev–Trinajstić information content (AvgIpc) is 2.85. The molecule has 1 aliphatic heterocycles. The quantitative estimate of drug-likeness (QED) is 0.352. The van der Waals surface area contributed by atoms with Gasteiger partial charge in [-0.2, -0.15) is 13.2 Å². The van der Waals surface area contributed by atoms with E-state index in [4.69, 9.17) is 4.74 Å². The first-order chi connectivity index (χ1) is 17.1. The predicted octanol–water partition coefficient (Wildman–Crippen LogP) is 5.99. The predicted molar refractivity (Wildman–Crippen MR) is 135 cm³/mol. The summed E-state index contributed by atoms with van der Waals surface area (Å²) < 4.78 is 46.4. The Bertz CT molecular complexity index is 1450. The average molecular weight is 494 g/mol. The van der Waals surface area contributed by atoms with Crippen LogP contribution in [-0.4, -0.2) is 34.8 Å². The smallest absolute Gasteiger partial charge is 0.372 e. The molecule has 0 aliphatic carbocycles. The molecule has 1 unspecified atom stereocenters. The van der Waals surface area contributed by atoms with Crippen molar-refractivity contribution in [1.82, 2.24) is 9.55 Å². The normalized spacial score (nSPS) is 18.6. The molecule has 0 amide bonds. The van der Waals surface area contributed by atoms with Gasteiger partial charge in [0, 0.05) is 47.8 Å². The van der Waals surface area contributed by atoms with Crippen LogP contribution in [0.5, 0.6) is 0 Å². The lowest BCUT2D eigenvalue weighted by atomic mass is 10.0. The van der Waals surface area contributed by atoms with E-state index < -0.39 is 11.7 Å². The van der Waals surface area contributed by atoms with Crippen molar-refractivity contribution < 1.29 is 17.9 Å². The molecule has 2 atom stereocenters. The van der Waals surface area contributed by atoms with Crippen molar-refractivity contribution in [3.8, 4) is 16.9 Å². The Morgan fingerprint density at radius 3 is 2.14 bits per heavy atom. The first-order valence-corrected chi connectivity index (χ1v) is 11.8. The molecule has 0 radical (unpaired) electrons. The fraction of sp³-hybridized carbons (Fsp3) is 0.286. The summed E-state index contributed by atoms with van der Waals surface area (Å²) in [6.07, 6.45) is -0.848. The van der Waals surface area contributed by atoms with Gasteiger partial charge < -0.3 is 9.64 Å². The summed E-state index contributed by atoms with van der Waals surface area (Å²) in [5, 5.41) is 1.09. The lowest BCUT2D eigenvalue weighted by Gasteiger charge is -2.36. The molecule has 0 N–H and O–H groups in total. The van der Waals surface area contributed by atoms with Gasteiger partial charge in [0.05, 0.1) is 28.9 Å². The number of ether oxygens (including phenoxy) is 1. The van der Waals surface area contributed by atoms with Gasteiger partial charge in [-0.15, -0.1) is 0 Å². The van der Waals surface area contributed by atoms with Gasteiger partial charge in [-0.3, -0.25) is 14.3 Å². The van der Waals surface area contributed by atoms with E-state index in [1.165, 1.54) is 18.3 Å². The highest BCUT2D eigenvalue weighted by Gasteiger charge is 2.30. The molecule has 3 heterocycles. The van der Waals surface area contributed by atoms with Crippen molar-refractivity contribution in [2.45, 2.75) is 39.2 Å². The van der Waals surface area contributed by atoms with E-state index >= 15 is 0 Å². The number of benzene rings is 2. The molecule has 1 saturated heterocycles. The third-order valence-electron chi connectivity index (χ3n) is 6.52. The Balaban J connectivity index is 1.53. The van der Waals surface area contributed by atoms with E-state index in [1.54, 1.807) is 16.8 Å². The molecule has 1 aliphatic rings. The van der Waals surface area contributed by atoms with Gasteiger partial charge in [-0.25, -0.2) is 0 Å². The summed E-state index contributed by atoms with van der Waals surface area (Å²) in [6.45, 7) is 7.60. The number of hydrogen-bond acceptors (Lipinski definition) is 4. The maximum absolute atomic E-state index is 13.5. The number of fused-ring (bicyclic) bond motifs is 1. The standard InChI is InChI=1S/C28H26F3N3O2/c1-17-14-34(23-10-8-22(9-11-23)33-15-18(2)36-19(3)16-33)27(35)24-12-13-32-26(25(17)24)20-4-6-21(7-5-20)28(29,30)31/h4-14,18-19H,15-16H2,1-3H3/t18-,19?/m1/s1. The molecule has 36 heavy (non-hydrogen) atoms. The first kappa shape index (κ1) is 24.1. The van der Waals surface area contributed by atoms with E-state index in [9.17, 15) is 18.0 Å². The Labute approximate surface area is 206 Å². The first-order valence-electron chi connectivity index (χ1n) is 11.8. The summed E-state index contributed by atoms with van der Waals surface area (Å²) in [5.74, 6) is 0. The molecule has 5 nitrogen and oxygen atoms in total. The molecule has 1 fully saturated rings. The number of aryl methyl sites for hydroxylation is 1. The van der Waals surface area contributed by atoms with Gasteiger partial charge in [0.15, 0.2) is 0 Å². The summed E-state index contributed by atoms with van der Waals surface area (Å²) in [5.41, 5.74) is 2.66. The number of nitrogens with zero attached hydrogens (tertiary/aromatic N) is 3. The molecule has 2 aromatic heterocycles. The molecule has 0 spiro atoms. The summed E-state index contributed by atoms with van der Waals surface area (Å²) in [4.78, 5) is 20.2. The van der Waals surface area contributed by atoms with Crippen LogP contribution in [0.1, 0.15) is 25.0 Å². The molecule has 186 valence electrons. The fourth-order valence-corrected chi connectivity index (χ4v) is 4.93. The maximum Gasteiger partial charge on any atom is 0.416 e. The number of halogens is 3. The Hall–Kier alpha value is -3.65. The SMILES string of the molecule is Cc1cn(-c2ccc(N3CC(C)O[C@H](C)C3)cc2)c(=O)c2ccnc(-c3ccc(C(F)(F)F)cc3)c12. The van der Waals surface area contributed by atoms with Gasteiger partial charge in [-0.05, 0) is 68.8 Å². The van der Waals surface area contributed by atoms with Gasteiger partial charge >= 0.3 is 6.18 Å². The summed E-state index contributed by atoms with van der Waals surface area (Å²) >= 11 is 0. The van der Waals surface area contributed by atoms with Gasteiger partial charge in [-0.1, -0.05) is 12.1 Å². The maximum atomic E-state index is 13.5.